The third kappa shape index (κ3) is 4.79. The van der Waals surface area contributed by atoms with Gasteiger partial charge in [0.15, 0.2) is 12.4 Å². The first-order valence-electron chi connectivity index (χ1n) is 8.50. The van der Waals surface area contributed by atoms with Gasteiger partial charge in [-0.1, -0.05) is 25.1 Å². The van der Waals surface area contributed by atoms with Gasteiger partial charge in [0.25, 0.3) is 0 Å². The van der Waals surface area contributed by atoms with Crippen LogP contribution in [-0.2, 0) is 9.53 Å². The molecule has 0 saturated heterocycles. The Hall–Kier alpha value is -2.95. The minimum Gasteiger partial charge on any atom is -0.454 e. The van der Waals surface area contributed by atoms with E-state index in [0.717, 1.165) is 16.7 Å². The van der Waals surface area contributed by atoms with E-state index in [4.69, 9.17) is 4.74 Å². The van der Waals surface area contributed by atoms with Crippen molar-refractivity contribution >= 4 is 23.3 Å². The number of carbonyl (C=O) groups excluding carboxylic acids is 3. The molecule has 2 rings (SSSR count). The first kappa shape index (κ1) is 19.4. The molecule has 0 radical (unpaired) electrons. The summed E-state index contributed by atoms with van der Waals surface area (Å²) in [6.45, 7) is 7.16. The maximum atomic E-state index is 12.2. The minimum absolute atomic E-state index is 0.136. The van der Waals surface area contributed by atoms with Crippen LogP contribution < -0.4 is 5.32 Å². The number of aryl methyl sites for hydroxylation is 3. The topological polar surface area (TPSA) is 72.5 Å². The lowest BCUT2D eigenvalue weighted by molar-refractivity contribution is -0.115. The van der Waals surface area contributed by atoms with E-state index in [1.165, 1.54) is 0 Å². The molecule has 2 aromatic rings. The van der Waals surface area contributed by atoms with Gasteiger partial charge in [0.05, 0.1) is 5.56 Å². The van der Waals surface area contributed by atoms with Crippen LogP contribution in [0.5, 0.6) is 0 Å². The fourth-order valence-corrected chi connectivity index (χ4v) is 2.33. The summed E-state index contributed by atoms with van der Waals surface area (Å²) in [5, 5.41) is 2.74. The number of ether oxygens (including phenoxy) is 1. The molecule has 0 bridgehead atoms. The highest BCUT2D eigenvalue weighted by Crippen LogP contribution is 2.18. The Morgan fingerprint density at radius 1 is 0.885 bits per heavy atom. The average Bonchev–Trinajstić information content (AvgIpc) is 2.63. The molecule has 0 aliphatic rings. The Kier molecular flexibility index (Phi) is 6.28. The number of carbonyl (C=O) groups is 3. The summed E-state index contributed by atoms with van der Waals surface area (Å²) in [5.74, 6) is -0.995. The molecule has 0 saturated carbocycles. The van der Waals surface area contributed by atoms with E-state index in [1.54, 1.807) is 37.3 Å². The number of nitrogens with one attached hydrogen (secondary N) is 1. The van der Waals surface area contributed by atoms with Gasteiger partial charge in [0.1, 0.15) is 0 Å². The highest BCUT2D eigenvalue weighted by molar-refractivity contribution is 6.00. The maximum absolute atomic E-state index is 12.2. The molecule has 0 aromatic heterocycles. The van der Waals surface area contributed by atoms with Gasteiger partial charge in [0, 0.05) is 17.7 Å². The van der Waals surface area contributed by atoms with Crippen molar-refractivity contribution in [3.8, 4) is 0 Å². The Morgan fingerprint density at radius 2 is 1.54 bits per heavy atom. The van der Waals surface area contributed by atoms with Crippen molar-refractivity contribution in [1.29, 1.82) is 0 Å². The highest BCUT2D eigenvalue weighted by atomic mass is 16.5. The normalized spacial score (nSPS) is 10.3. The number of rotatable bonds is 6. The van der Waals surface area contributed by atoms with E-state index < -0.39 is 5.97 Å². The SMILES string of the molecule is CCC(=O)Nc1cc(C(=O)OCC(=O)c2ccc(C)c(C)c2)ccc1C. The summed E-state index contributed by atoms with van der Waals surface area (Å²) < 4.78 is 5.14. The molecular formula is C21H23NO4. The van der Waals surface area contributed by atoms with Crippen LogP contribution in [0.2, 0.25) is 0 Å². The number of ketones is 1. The summed E-state index contributed by atoms with van der Waals surface area (Å²) in [7, 11) is 0. The van der Waals surface area contributed by atoms with E-state index in [-0.39, 0.29) is 23.9 Å². The van der Waals surface area contributed by atoms with Gasteiger partial charge in [0.2, 0.25) is 5.91 Å². The van der Waals surface area contributed by atoms with Crippen LogP contribution in [0.4, 0.5) is 5.69 Å². The molecule has 5 nitrogen and oxygen atoms in total. The van der Waals surface area contributed by atoms with Crippen molar-refractivity contribution in [2.45, 2.75) is 34.1 Å². The van der Waals surface area contributed by atoms with E-state index >= 15 is 0 Å². The lowest BCUT2D eigenvalue weighted by Crippen LogP contribution is -2.15. The minimum atomic E-state index is -0.603. The van der Waals surface area contributed by atoms with Crippen molar-refractivity contribution in [3.05, 3.63) is 64.2 Å². The van der Waals surface area contributed by atoms with Gasteiger partial charge >= 0.3 is 5.97 Å². The summed E-state index contributed by atoms with van der Waals surface area (Å²) >= 11 is 0. The van der Waals surface area contributed by atoms with Gasteiger partial charge in [-0.05, 0) is 55.7 Å². The summed E-state index contributed by atoms with van der Waals surface area (Å²) in [5.41, 5.74) is 4.31. The molecule has 0 unspecified atom stereocenters. The molecule has 0 aliphatic heterocycles. The average molecular weight is 353 g/mol. The Morgan fingerprint density at radius 3 is 2.19 bits per heavy atom. The zero-order chi connectivity index (χ0) is 19.3. The van der Waals surface area contributed by atoms with E-state index in [9.17, 15) is 14.4 Å². The third-order valence-corrected chi connectivity index (χ3v) is 4.23. The number of hydrogen-bond donors (Lipinski definition) is 1. The first-order valence-corrected chi connectivity index (χ1v) is 8.50. The van der Waals surface area contributed by atoms with Gasteiger partial charge in [-0.2, -0.15) is 0 Å². The second-order valence-corrected chi connectivity index (χ2v) is 6.23. The Labute approximate surface area is 153 Å². The highest BCUT2D eigenvalue weighted by Gasteiger charge is 2.14. The monoisotopic (exact) mass is 353 g/mol. The second kappa shape index (κ2) is 8.43. The molecule has 26 heavy (non-hydrogen) atoms. The molecule has 0 fully saturated rings. The fourth-order valence-electron chi connectivity index (χ4n) is 2.33. The number of hydrogen-bond acceptors (Lipinski definition) is 4. The lowest BCUT2D eigenvalue weighted by atomic mass is 10.0. The number of esters is 1. The number of anilines is 1. The maximum Gasteiger partial charge on any atom is 0.338 e. The van der Waals surface area contributed by atoms with Crippen LogP contribution >= 0.6 is 0 Å². The summed E-state index contributed by atoms with van der Waals surface area (Å²) in [6, 6.07) is 10.3. The van der Waals surface area contributed by atoms with E-state index in [0.29, 0.717) is 17.7 Å². The van der Waals surface area contributed by atoms with Crippen LogP contribution in [0.3, 0.4) is 0 Å². The predicted octanol–water partition coefficient (Wildman–Crippen LogP) is 4.00. The largest absolute Gasteiger partial charge is 0.454 e. The summed E-state index contributed by atoms with van der Waals surface area (Å²) in [4.78, 5) is 36.0. The zero-order valence-corrected chi connectivity index (χ0v) is 15.5. The molecule has 0 heterocycles. The number of benzene rings is 2. The number of Topliss-reactive ketones (excluding diaryl/α,β-unsaturated/α-hetero) is 1. The Balaban J connectivity index is 2.05. The van der Waals surface area contributed by atoms with Crippen molar-refractivity contribution in [2.24, 2.45) is 0 Å². The van der Waals surface area contributed by atoms with Crippen LogP contribution in [0, 0.1) is 20.8 Å². The smallest absolute Gasteiger partial charge is 0.338 e. The summed E-state index contributed by atoms with van der Waals surface area (Å²) in [6.07, 6.45) is 0.346. The zero-order valence-electron chi connectivity index (χ0n) is 15.5. The third-order valence-electron chi connectivity index (χ3n) is 4.23. The molecule has 0 aliphatic carbocycles. The number of amides is 1. The van der Waals surface area contributed by atoms with Crippen molar-refractivity contribution in [3.63, 3.8) is 0 Å². The van der Waals surface area contributed by atoms with Crippen molar-refractivity contribution in [1.82, 2.24) is 0 Å². The Bertz CT molecular complexity index is 855. The molecule has 0 atom stereocenters. The standard InChI is InChI=1S/C21H23NO4/c1-5-20(24)22-18-11-17(9-7-14(18)3)21(25)26-12-19(23)16-8-6-13(2)15(4)10-16/h6-11H,5,12H2,1-4H3,(H,22,24). The quantitative estimate of drug-likeness (QED) is 0.629. The van der Waals surface area contributed by atoms with E-state index in [1.807, 2.05) is 26.8 Å². The van der Waals surface area contributed by atoms with Gasteiger partial charge in [-0.15, -0.1) is 0 Å². The van der Waals surface area contributed by atoms with Crippen LogP contribution in [0.15, 0.2) is 36.4 Å². The lowest BCUT2D eigenvalue weighted by Gasteiger charge is -2.10. The second-order valence-electron chi connectivity index (χ2n) is 6.23. The molecule has 2 aromatic carbocycles. The molecule has 5 heteroatoms. The molecular weight excluding hydrogens is 330 g/mol. The fraction of sp³-hybridized carbons (Fsp3) is 0.286. The van der Waals surface area contributed by atoms with E-state index in [2.05, 4.69) is 5.32 Å². The van der Waals surface area contributed by atoms with Crippen LogP contribution in [0.1, 0.15) is 50.8 Å². The molecule has 1 amide bonds. The molecule has 0 spiro atoms. The van der Waals surface area contributed by atoms with Gasteiger partial charge < -0.3 is 10.1 Å². The predicted molar refractivity (Wildman–Crippen MR) is 101 cm³/mol. The molecule has 136 valence electrons. The van der Waals surface area contributed by atoms with Crippen molar-refractivity contribution < 1.29 is 19.1 Å². The molecule has 1 N–H and O–H groups in total. The van der Waals surface area contributed by atoms with Crippen LogP contribution in [-0.4, -0.2) is 24.3 Å². The van der Waals surface area contributed by atoms with Gasteiger partial charge in [-0.3, -0.25) is 9.59 Å². The van der Waals surface area contributed by atoms with Crippen molar-refractivity contribution in [2.75, 3.05) is 11.9 Å². The first-order chi connectivity index (χ1) is 12.3. The van der Waals surface area contributed by atoms with Gasteiger partial charge in [-0.25, -0.2) is 4.79 Å². The van der Waals surface area contributed by atoms with Crippen LogP contribution in [0.25, 0.3) is 0 Å².